The van der Waals surface area contributed by atoms with Crippen LogP contribution in [0.1, 0.15) is 67.1 Å². The van der Waals surface area contributed by atoms with Crippen molar-refractivity contribution in [3.8, 4) is 22.5 Å². The minimum Gasteiger partial charge on any atom is -0.467 e. The summed E-state index contributed by atoms with van der Waals surface area (Å²) in [6, 6.07) is 47.4. The first kappa shape index (κ1) is 41.2. The average molecular weight is 799 g/mol. The van der Waals surface area contributed by atoms with Gasteiger partial charge in [-0.15, -0.1) is 5.10 Å². The van der Waals surface area contributed by atoms with Gasteiger partial charge in [-0.3, -0.25) is 9.36 Å². The number of methoxy groups -OCH3 is 1. The van der Waals surface area contributed by atoms with Gasteiger partial charge in [0, 0.05) is 31.6 Å². The predicted octanol–water partition coefficient (Wildman–Crippen LogP) is 8.47. The molecule has 0 saturated heterocycles. The van der Waals surface area contributed by atoms with Gasteiger partial charge in [-0.1, -0.05) is 153 Å². The number of aryl methyl sites for hydroxylation is 1. The van der Waals surface area contributed by atoms with Gasteiger partial charge in [-0.05, 0) is 70.5 Å². The van der Waals surface area contributed by atoms with Gasteiger partial charge >= 0.3 is 5.97 Å². The summed E-state index contributed by atoms with van der Waals surface area (Å²) < 4.78 is 8.44. The quantitative estimate of drug-likeness (QED) is 0.0439. The molecular formula is C49H50N8O3. The van der Waals surface area contributed by atoms with Gasteiger partial charge in [0.15, 0.2) is 5.82 Å². The maximum absolute atomic E-state index is 14.6. The fraction of sp³-hybridized carbons (Fsp3) is 0.245. The lowest BCUT2D eigenvalue weighted by molar-refractivity contribution is -0.149. The number of tetrazole rings is 1. The van der Waals surface area contributed by atoms with Gasteiger partial charge in [0.25, 0.3) is 5.56 Å². The zero-order chi connectivity index (χ0) is 42.3. The van der Waals surface area contributed by atoms with Gasteiger partial charge in [0.2, 0.25) is 5.95 Å². The first-order chi connectivity index (χ1) is 29.1. The molecule has 0 amide bonds. The largest absolute Gasteiger partial charge is 0.467 e. The smallest absolute Gasteiger partial charge is 0.331 e. The van der Waals surface area contributed by atoms with E-state index >= 15 is 0 Å². The predicted molar refractivity (Wildman–Crippen MR) is 236 cm³/mol. The van der Waals surface area contributed by atoms with Crippen molar-refractivity contribution in [2.24, 2.45) is 4.99 Å². The van der Waals surface area contributed by atoms with E-state index in [1.807, 2.05) is 97.6 Å². The van der Waals surface area contributed by atoms with Gasteiger partial charge in [0.05, 0.1) is 19.1 Å². The number of unbranched alkanes of at least 4 members (excludes halogenated alkanes) is 1. The molecule has 0 unspecified atom stereocenters. The topological polar surface area (TPSA) is 120 Å². The Labute approximate surface area is 351 Å². The highest BCUT2D eigenvalue weighted by Gasteiger charge is 2.42. The first-order valence-corrected chi connectivity index (χ1v) is 20.2. The maximum Gasteiger partial charge on any atom is 0.331 e. The molecule has 0 bridgehead atoms. The molecule has 0 saturated carbocycles. The van der Waals surface area contributed by atoms with Gasteiger partial charge < -0.3 is 9.64 Å². The standard InChI is InChI=1S/C49H50N8O3/c1-7-8-28-43-42(45(58)56(48(2,3)46(59)60-6)47(51-43)50-34-55(4)5)33-35-29-31-36(32-30-35)40-26-18-19-27-41(40)44-52-53-54-57(44)49(37-20-12-9-13-21-37,38-22-14-10-15-23-38)39-24-16-11-17-25-39/h9-27,29-32,34H,7-8,28,33H2,1-6H3. The Hall–Kier alpha value is -7.01. The Balaban J connectivity index is 1.33. The third-order valence-electron chi connectivity index (χ3n) is 10.8. The molecule has 0 aliphatic carbocycles. The van der Waals surface area contributed by atoms with Crippen LogP contribution in [0.5, 0.6) is 0 Å². The van der Waals surface area contributed by atoms with Gasteiger partial charge in [-0.2, -0.15) is 0 Å². The second kappa shape index (κ2) is 17.9. The molecule has 0 atom stereocenters. The van der Waals surface area contributed by atoms with Crippen molar-refractivity contribution in [3.63, 3.8) is 0 Å². The molecule has 11 nitrogen and oxygen atoms in total. The van der Waals surface area contributed by atoms with E-state index in [0.29, 0.717) is 29.9 Å². The van der Waals surface area contributed by atoms with Crippen LogP contribution >= 0.6 is 0 Å². The highest BCUT2D eigenvalue weighted by atomic mass is 16.5. The molecule has 2 aromatic heterocycles. The van der Waals surface area contributed by atoms with Crippen LogP contribution in [0.2, 0.25) is 0 Å². The molecule has 5 aromatic carbocycles. The van der Waals surface area contributed by atoms with Crippen LogP contribution in [0.3, 0.4) is 0 Å². The van der Waals surface area contributed by atoms with Crippen molar-refractivity contribution in [1.82, 2.24) is 34.7 Å². The molecule has 0 radical (unpaired) electrons. The van der Waals surface area contributed by atoms with Crippen molar-refractivity contribution in [1.29, 1.82) is 0 Å². The third kappa shape index (κ3) is 7.90. The Morgan fingerprint density at radius 2 is 1.33 bits per heavy atom. The SMILES string of the molecule is CCCCc1nc(N=CN(C)C)n(C(C)(C)C(=O)OC)c(=O)c1Cc1ccc(-c2ccccc2-c2nnnn2C(c2ccccc2)(c2ccccc2)c2ccccc2)cc1. The molecule has 11 heteroatoms. The number of hydrogen-bond acceptors (Lipinski definition) is 8. The van der Waals surface area contributed by atoms with Crippen LogP contribution in [0, 0.1) is 0 Å². The Morgan fingerprint density at radius 1 is 0.783 bits per heavy atom. The summed E-state index contributed by atoms with van der Waals surface area (Å²) in [5.74, 6) is 0.190. The summed E-state index contributed by atoms with van der Waals surface area (Å²) in [4.78, 5) is 38.9. The molecular weight excluding hydrogens is 749 g/mol. The van der Waals surface area contributed by atoms with Crippen molar-refractivity contribution in [2.45, 2.75) is 57.5 Å². The zero-order valence-corrected chi connectivity index (χ0v) is 35.0. The van der Waals surface area contributed by atoms with E-state index in [1.165, 1.54) is 11.7 Å². The highest BCUT2D eigenvalue weighted by molar-refractivity contribution is 5.81. The Kier molecular flexibility index (Phi) is 12.3. The van der Waals surface area contributed by atoms with Crippen LogP contribution < -0.4 is 5.56 Å². The molecule has 0 aliphatic rings. The van der Waals surface area contributed by atoms with Crippen LogP contribution in [0.25, 0.3) is 22.5 Å². The highest BCUT2D eigenvalue weighted by Crippen LogP contribution is 2.43. The van der Waals surface area contributed by atoms with Crippen molar-refractivity contribution < 1.29 is 9.53 Å². The molecule has 0 aliphatic heterocycles. The number of benzene rings is 5. The molecule has 7 rings (SSSR count). The number of carbonyl (C=O) groups is 1. The molecule has 7 aromatic rings. The number of carbonyl (C=O) groups excluding carboxylic acids is 1. The minimum atomic E-state index is -1.36. The monoisotopic (exact) mass is 798 g/mol. The number of ether oxygens (including phenoxy) is 1. The van der Waals surface area contributed by atoms with Crippen LogP contribution in [0.4, 0.5) is 5.95 Å². The first-order valence-electron chi connectivity index (χ1n) is 20.2. The molecule has 0 fully saturated rings. The fourth-order valence-electron chi connectivity index (χ4n) is 7.84. The summed E-state index contributed by atoms with van der Waals surface area (Å²) in [6.45, 7) is 5.41. The van der Waals surface area contributed by atoms with E-state index in [1.54, 1.807) is 25.1 Å². The molecule has 0 N–H and O–H groups in total. The van der Waals surface area contributed by atoms with Crippen molar-refractivity contribution in [3.05, 3.63) is 183 Å². The third-order valence-corrected chi connectivity index (χ3v) is 10.8. The van der Waals surface area contributed by atoms with E-state index in [0.717, 1.165) is 51.8 Å². The van der Waals surface area contributed by atoms with Crippen molar-refractivity contribution in [2.75, 3.05) is 21.2 Å². The Bertz CT molecular complexity index is 2540. The fourth-order valence-corrected chi connectivity index (χ4v) is 7.84. The lowest BCUT2D eigenvalue weighted by atomic mass is 9.77. The van der Waals surface area contributed by atoms with Gasteiger partial charge in [-0.25, -0.2) is 19.5 Å². The molecule has 304 valence electrons. The number of aliphatic imine (C=N–C) groups is 1. The van der Waals surface area contributed by atoms with Gasteiger partial charge in [0.1, 0.15) is 11.1 Å². The lowest BCUT2D eigenvalue weighted by Gasteiger charge is -2.36. The van der Waals surface area contributed by atoms with Crippen molar-refractivity contribution >= 4 is 18.3 Å². The van der Waals surface area contributed by atoms with E-state index in [4.69, 9.17) is 20.0 Å². The number of esters is 1. The Morgan fingerprint density at radius 3 is 1.87 bits per heavy atom. The van der Waals surface area contributed by atoms with E-state index in [9.17, 15) is 9.59 Å². The summed E-state index contributed by atoms with van der Waals surface area (Å²) in [7, 11) is 4.98. The zero-order valence-electron chi connectivity index (χ0n) is 35.0. The number of nitrogens with zero attached hydrogens (tertiary/aromatic N) is 8. The summed E-state index contributed by atoms with van der Waals surface area (Å²) in [5, 5.41) is 13.8. The van der Waals surface area contributed by atoms with Crippen LogP contribution in [-0.4, -0.2) is 68.2 Å². The molecule has 60 heavy (non-hydrogen) atoms. The van der Waals surface area contributed by atoms with E-state index in [2.05, 4.69) is 77.8 Å². The summed E-state index contributed by atoms with van der Waals surface area (Å²) in [5.41, 5.74) is 5.30. The average Bonchev–Trinajstić information content (AvgIpc) is 3.77. The number of hydrogen-bond donors (Lipinski definition) is 0. The molecule has 2 heterocycles. The van der Waals surface area contributed by atoms with Crippen LogP contribution in [0.15, 0.2) is 149 Å². The second-order valence-electron chi connectivity index (χ2n) is 15.5. The summed E-state index contributed by atoms with van der Waals surface area (Å²) in [6.07, 6.45) is 4.26. The van der Waals surface area contributed by atoms with Crippen LogP contribution in [-0.2, 0) is 33.5 Å². The van der Waals surface area contributed by atoms with E-state index < -0.39 is 17.0 Å². The minimum absolute atomic E-state index is 0.157. The normalized spacial score (nSPS) is 11.8. The number of aromatic nitrogens is 6. The second-order valence-corrected chi connectivity index (χ2v) is 15.5. The lowest BCUT2D eigenvalue weighted by Crippen LogP contribution is -2.45. The number of rotatable bonds is 15. The van der Waals surface area contributed by atoms with E-state index in [-0.39, 0.29) is 11.5 Å². The summed E-state index contributed by atoms with van der Waals surface area (Å²) >= 11 is 0. The molecule has 0 spiro atoms. The maximum atomic E-state index is 14.6.